The van der Waals surface area contributed by atoms with Gasteiger partial charge in [0.2, 0.25) is 11.9 Å². The molecule has 35 heavy (non-hydrogen) atoms. The fourth-order valence-electron chi connectivity index (χ4n) is 3.41. The lowest BCUT2D eigenvalue weighted by atomic mass is 10.0. The van der Waals surface area contributed by atoms with Gasteiger partial charge < -0.3 is 19.9 Å². The highest BCUT2D eigenvalue weighted by atomic mass is 16.5. The topological polar surface area (TPSA) is 99.4 Å². The molecule has 0 fully saturated rings. The number of imidazole rings is 1. The van der Waals surface area contributed by atoms with Crippen LogP contribution in [0.3, 0.4) is 0 Å². The third-order valence-corrected chi connectivity index (χ3v) is 5.76. The van der Waals surface area contributed by atoms with Crippen LogP contribution >= 0.6 is 0 Å². The number of fused-ring (bicyclic) bond motifs is 1. The van der Waals surface area contributed by atoms with E-state index in [1.54, 1.807) is 33.1 Å². The van der Waals surface area contributed by atoms with Crippen molar-refractivity contribution < 1.29 is 14.3 Å². The predicted molar refractivity (Wildman–Crippen MR) is 140 cm³/mol. The Morgan fingerprint density at radius 2 is 1.74 bits per heavy atom. The molecule has 0 atom stereocenters. The average molecular weight is 476 g/mol. The number of amides is 2. The standard InChI is InChI=1S/C27H33N5O3/c1-6-32(4)17-16-28-25(33)18(2)12-13-19(3)26(34)31-27-29-23-21(20-10-8-7-9-11-20)14-15-22(35-5)24(23)30-27/h7-15H,6,16-17H2,1-5H3,(H,28,33)(H2,29,30,31,34)/b18-12+,19-13+. The number of benzene rings is 2. The van der Waals surface area contributed by atoms with Crippen LogP contribution in [-0.2, 0) is 9.59 Å². The van der Waals surface area contributed by atoms with Gasteiger partial charge in [-0.2, -0.15) is 0 Å². The van der Waals surface area contributed by atoms with E-state index in [0.717, 1.165) is 24.2 Å². The Bertz CT molecular complexity index is 1240. The molecule has 0 aliphatic heterocycles. The van der Waals surface area contributed by atoms with Crippen LogP contribution in [0.5, 0.6) is 5.75 Å². The fraction of sp³-hybridized carbons (Fsp3) is 0.296. The van der Waals surface area contributed by atoms with Crippen molar-refractivity contribution in [3.8, 4) is 16.9 Å². The second-order valence-electron chi connectivity index (χ2n) is 8.30. The van der Waals surface area contributed by atoms with Gasteiger partial charge in [0.1, 0.15) is 16.8 Å². The van der Waals surface area contributed by atoms with Crippen molar-refractivity contribution in [1.29, 1.82) is 0 Å². The lowest BCUT2D eigenvalue weighted by Gasteiger charge is -2.13. The minimum absolute atomic E-state index is 0.156. The number of nitrogens with one attached hydrogen (secondary N) is 3. The zero-order valence-corrected chi connectivity index (χ0v) is 20.9. The molecule has 1 heterocycles. The third-order valence-electron chi connectivity index (χ3n) is 5.76. The van der Waals surface area contributed by atoms with Gasteiger partial charge in [-0.1, -0.05) is 49.4 Å². The summed E-state index contributed by atoms with van der Waals surface area (Å²) in [6.45, 7) is 7.74. The summed E-state index contributed by atoms with van der Waals surface area (Å²) in [4.78, 5) is 34.9. The smallest absolute Gasteiger partial charge is 0.253 e. The van der Waals surface area contributed by atoms with E-state index in [0.29, 0.717) is 40.4 Å². The summed E-state index contributed by atoms with van der Waals surface area (Å²) in [6, 6.07) is 13.7. The van der Waals surface area contributed by atoms with E-state index in [-0.39, 0.29) is 11.8 Å². The molecule has 0 spiro atoms. The molecule has 0 aliphatic rings. The maximum absolute atomic E-state index is 12.8. The monoisotopic (exact) mass is 475 g/mol. The Hall–Kier alpha value is -3.91. The number of methoxy groups -OCH3 is 1. The first-order valence-corrected chi connectivity index (χ1v) is 11.6. The largest absolute Gasteiger partial charge is 0.494 e. The molecule has 3 rings (SSSR count). The molecule has 2 aromatic carbocycles. The molecule has 8 heteroatoms. The summed E-state index contributed by atoms with van der Waals surface area (Å²) in [5, 5.41) is 5.68. The van der Waals surface area contributed by atoms with Gasteiger partial charge in [0.05, 0.1) is 7.11 Å². The van der Waals surface area contributed by atoms with E-state index >= 15 is 0 Å². The molecule has 8 nitrogen and oxygen atoms in total. The summed E-state index contributed by atoms with van der Waals surface area (Å²) in [6.07, 6.45) is 3.27. The van der Waals surface area contributed by atoms with Crippen LogP contribution in [0.2, 0.25) is 0 Å². The van der Waals surface area contributed by atoms with E-state index in [2.05, 4.69) is 32.4 Å². The number of rotatable bonds is 10. The molecule has 3 N–H and O–H groups in total. The second-order valence-corrected chi connectivity index (χ2v) is 8.30. The second kappa shape index (κ2) is 12.0. The fourth-order valence-corrected chi connectivity index (χ4v) is 3.41. The molecule has 0 bridgehead atoms. The van der Waals surface area contributed by atoms with E-state index in [4.69, 9.17) is 4.74 Å². The number of aromatic nitrogens is 2. The summed E-state index contributed by atoms with van der Waals surface area (Å²) in [5.41, 5.74) is 4.32. The van der Waals surface area contributed by atoms with Crippen molar-refractivity contribution in [1.82, 2.24) is 20.2 Å². The highest BCUT2D eigenvalue weighted by molar-refractivity contribution is 6.04. The van der Waals surface area contributed by atoms with Crippen molar-refractivity contribution in [2.75, 3.05) is 39.1 Å². The van der Waals surface area contributed by atoms with Crippen LogP contribution in [0.25, 0.3) is 22.2 Å². The van der Waals surface area contributed by atoms with E-state index in [9.17, 15) is 9.59 Å². The Morgan fingerprint density at radius 3 is 2.40 bits per heavy atom. The van der Waals surface area contributed by atoms with Crippen LogP contribution in [0.1, 0.15) is 20.8 Å². The zero-order chi connectivity index (χ0) is 25.4. The van der Waals surface area contributed by atoms with E-state index in [1.165, 1.54) is 0 Å². The van der Waals surface area contributed by atoms with Gasteiger partial charge in [-0.3, -0.25) is 14.9 Å². The van der Waals surface area contributed by atoms with Crippen LogP contribution in [0.15, 0.2) is 65.8 Å². The first-order chi connectivity index (χ1) is 16.8. The molecule has 0 saturated carbocycles. The van der Waals surface area contributed by atoms with Gasteiger partial charge >= 0.3 is 0 Å². The summed E-state index contributed by atoms with van der Waals surface area (Å²) < 4.78 is 5.48. The average Bonchev–Trinajstić information content (AvgIpc) is 3.30. The number of likely N-dealkylation sites (N-methyl/N-ethyl adjacent to an activating group) is 1. The molecule has 3 aromatic rings. The number of ether oxygens (including phenoxy) is 1. The summed E-state index contributed by atoms with van der Waals surface area (Å²) >= 11 is 0. The maximum atomic E-state index is 12.8. The predicted octanol–water partition coefficient (Wildman–Crippen LogP) is 4.14. The van der Waals surface area contributed by atoms with Gasteiger partial charge in [-0.05, 0) is 45.1 Å². The third kappa shape index (κ3) is 6.58. The Kier molecular flexibility index (Phi) is 8.80. The number of H-pyrrole nitrogens is 1. The van der Waals surface area contributed by atoms with Gasteiger partial charge in [-0.15, -0.1) is 0 Å². The lowest BCUT2D eigenvalue weighted by molar-refractivity contribution is -0.117. The lowest BCUT2D eigenvalue weighted by Crippen LogP contribution is -2.33. The maximum Gasteiger partial charge on any atom is 0.253 e. The number of hydrogen-bond acceptors (Lipinski definition) is 5. The number of carbonyl (C=O) groups excluding carboxylic acids is 2. The van der Waals surface area contributed by atoms with Crippen LogP contribution in [0, 0.1) is 0 Å². The molecular formula is C27H33N5O3. The Balaban J connectivity index is 1.73. The summed E-state index contributed by atoms with van der Waals surface area (Å²) in [7, 11) is 3.59. The number of aromatic amines is 1. The molecule has 0 saturated heterocycles. The van der Waals surface area contributed by atoms with Crippen molar-refractivity contribution >= 4 is 28.8 Å². The van der Waals surface area contributed by atoms with Gasteiger partial charge in [0.25, 0.3) is 5.91 Å². The van der Waals surface area contributed by atoms with Gasteiger partial charge in [0, 0.05) is 29.8 Å². The molecule has 0 radical (unpaired) electrons. The molecule has 184 valence electrons. The highest BCUT2D eigenvalue weighted by Gasteiger charge is 2.15. The van der Waals surface area contributed by atoms with Crippen molar-refractivity contribution in [2.45, 2.75) is 20.8 Å². The summed E-state index contributed by atoms with van der Waals surface area (Å²) in [5.74, 6) is 0.475. The highest BCUT2D eigenvalue weighted by Crippen LogP contribution is 2.33. The molecule has 0 unspecified atom stereocenters. The van der Waals surface area contributed by atoms with Crippen LogP contribution in [-0.4, -0.2) is 60.5 Å². The number of hydrogen-bond donors (Lipinski definition) is 3. The first-order valence-electron chi connectivity index (χ1n) is 11.6. The minimum Gasteiger partial charge on any atom is -0.494 e. The molecular weight excluding hydrogens is 442 g/mol. The molecule has 0 aliphatic carbocycles. The van der Waals surface area contributed by atoms with Crippen LogP contribution < -0.4 is 15.4 Å². The van der Waals surface area contributed by atoms with Crippen LogP contribution in [0.4, 0.5) is 5.95 Å². The number of nitrogens with zero attached hydrogens (tertiary/aromatic N) is 2. The van der Waals surface area contributed by atoms with Crippen molar-refractivity contribution in [2.24, 2.45) is 0 Å². The van der Waals surface area contributed by atoms with Crippen molar-refractivity contribution in [3.63, 3.8) is 0 Å². The van der Waals surface area contributed by atoms with E-state index in [1.807, 2.05) is 49.5 Å². The quantitative estimate of drug-likeness (QED) is 0.302. The normalized spacial score (nSPS) is 12.2. The van der Waals surface area contributed by atoms with Crippen molar-refractivity contribution in [3.05, 3.63) is 65.8 Å². The number of allylic oxidation sites excluding steroid dienone is 2. The van der Waals surface area contributed by atoms with Gasteiger partial charge in [0.15, 0.2) is 0 Å². The molecule has 2 amide bonds. The minimum atomic E-state index is -0.321. The number of anilines is 1. The SMILES string of the molecule is CCN(C)CCNC(=O)/C(C)=C/C=C(\C)C(=O)Nc1nc2c(-c3ccccc3)ccc(OC)c2[nH]1. The Labute approximate surface area is 206 Å². The first kappa shape index (κ1) is 25.7. The number of carbonyl (C=O) groups is 2. The van der Waals surface area contributed by atoms with E-state index < -0.39 is 0 Å². The zero-order valence-electron chi connectivity index (χ0n) is 20.9. The Morgan fingerprint density at radius 1 is 1.06 bits per heavy atom. The molecule has 1 aromatic heterocycles. The van der Waals surface area contributed by atoms with Gasteiger partial charge in [-0.25, -0.2) is 4.98 Å².